The number of hydrogen-bond acceptors (Lipinski definition) is 2. The molecule has 0 radical (unpaired) electrons. The van der Waals surface area contributed by atoms with Crippen LogP contribution in [-0.4, -0.2) is 23.4 Å². The predicted molar refractivity (Wildman–Crippen MR) is 69.3 cm³/mol. The first-order chi connectivity index (χ1) is 8.02. The van der Waals surface area contributed by atoms with Crippen molar-refractivity contribution in [3.05, 3.63) is 22.2 Å². The van der Waals surface area contributed by atoms with E-state index < -0.39 is 0 Å². The molecule has 0 bridgehead atoms. The maximum Gasteiger partial charge on any atom is 0.227 e. The molecule has 1 heterocycles. The minimum absolute atomic E-state index is 0.00604. The molecule has 1 aliphatic heterocycles. The van der Waals surface area contributed by atoms with Crippen LogP contribution in [0.15, 0.2) is 12.1 Å². The molecular weight excluding hydrogens is 284 g/mol. The molecule has 1 aromatic carbocycles. The average molecular weight is 295 g/mol. The standard InChI is InChI=1S/C11H10Cl3NO2/c12-4-6-1-10(16)15(5-6)7-2-8(13)11(17)9(14)3-7/h2-3,6,17H,1,4-5H2. The number of phenolic OH excluding ortho intramolecular Hbond substituents is 1. The van der Waals surface area contributed by atoms with E-state index in [1.54, 1.807) is 4.90 Å². The Morgan fingerprint density at radius 2 is 1.94 bits per heavy atom. The number of nitrogens with zero attached hydrogens (tertiary/aromatic N) is 1. The van der Waals surface area contributed by atoms with Crippen LogP contribution in [0.3, 0.4) is 0 Å². The Hall–Kier alpha value is -0.640. The van der Waals surface area contributed by atoms with Crippen LogP contribution in [0, 0.1) is 5.92 Å². The maximum atomic E-state index is 11.8. The van der Waals surface area contributed by atoms with Crippen LogP contribution in [0.5, 0.6) is 5.75 Å². The van der Waals surface area contributed by atoms with Crippen molar-refractivity contribution >= 4 is 46.4 Å². The number of carbonyl (C=O) groups is 1. The summed E-state index contributed by atoms with van der Waals surface area (Å²) in [5, 5.41) is 9.72. The summed E-state index contributed by atoms with van der Waals surface area (Å²) in [6, 6.07) is 3.05. The number of alkyl halides is 1. The molecule has 1 atom stereocenters. The van der Waals surface area contributed by atoms with E-state index >= 15 is 0 Å². The smallest absolute Gasteiger partial charge is 0.227 e. The van der Waals surface area contributed by atoms with Crippen LogP contribution in [0.4, 0.5) is 5.69 Å². The lowest BCUT2D eigenvalue weighted by molar-refractivity contribution is -0.117. The topological polar surface area (TPSA) is 40.5 Å². The zero-order valence-corrected chi connectivity index (χ0v) is 11.1. The second-order valence-electron chi connectivity index (χ2n) is 3.99. The minimum atomic E-state index is -0.169. The van der Waals surface area contributed by atoms with Crippen LogP contribution in [0.2, 0.25) is 10.0 Å². The van der Waals surface area contributed by atoms with Gasteiger partial charge in [-0.25, -0.2) is 0 Å². The monoisotopic (exact) mass is 293 g/mol. The van der Waals surface area contributed by atoms with E-state index in [9.17, 15) is 9.90 Å². The molecule has 1 aromatic rings. The van der Waals surface area contributed by atoms with Crippen LogP contribution < -0.4 is 4.90 Å². The number of aromatic hydroxyl groups is 1. The van der Waals surface area contributed by atoms with Gasteiger partial charge in [0.15, 0.2) is 5.75 Å². The van der Waals surface area contributed by atoms with Crippen LogP contribution in [-0.2, 0) is 4.79 Å². The summed E-state index contributed by atoms with van der Waals surface area (Å²) in [5.41, 5.74) is 0.593. The molecule has 1 fully saturated rings. The van der Waals surface area contributed by atoms with Crippen molar-refractivity contribution in [1.29, 1.82) is 0 Å². The van der Waals surface area contributed by atoms with E-state index in [4.69, 9.17) is 34.8 Å². The number of halogens is 3. The van der Waals surface area contributed by atoms with E-state index in [1.807, 2.05) is 0 Å². The highest BCUT2D eigenvalue weighted by Crippen LogP contribution is 2.37. The third-order valence-electron chi connectivity index (χ3n) is 2.74. The Bertz CT molecular complexity index is 441. The van der Waals surface area contributed by atoms with Crippen LogP contribution in [0.25, 0.3) is 0 Å². The van der Waals surface area contributed by atoms with E-state index in [0.717, 1.165) is 0 Å². The van der Waals surface area contributed by atoms with Crippen LogP contribution in [0.1, 0.15) is 6.42 Å². The van der Waals surface area contributed by atoms with Crippen molar-refractivity contribution in [3.63, 3.8) is 0 Å². The molecule has 0 saturated carbocycles. The largest absolute Gasteiger partial charge is 0.505 e. The first kappa shape index (κ1) is 12.8. The van der Waals surface area contributed by atoms with Gasteiger partial charge in [0, 0.05) is 24.5 Å². The van der Waals surface area contributed by atoms with Gasteiger partial charge in [-0.2, -0.15) is 0 Å². The van der Waals surface area contributed by atoms with E-state index in [1.165, 1.54) is 12.1 Å². The highest BCUT2D eigenvalue weighted by Gasteiger charge is 2.30. The summed E-state index contributed by atoms with van der Waals surface area (Å²) in [4.78, 5) is 13.4. The Morgan fingerprint density at radius 3 is 2.41 bits per heavy atom. The van der Waals surface area contributed by atoms with Gasteiger partial charge in [-0.05, 0) is 18.1 Å². The quantitative estimate of drug-likeness (QED) is 0.850. The Balaban J connectivity index is 2.32. The summed E-state index contributed by atoms with van der Waals surface area (Å²) in [6.07, 6.45) is 0.430. The fourth-order valence-corrected chi connectivity index (χ4v) is 2.52. The molecule has 0 spiro atoms. The second kappa shape index (κ2) is 4.92. The summed E-state index contributed by atoms with van der Waals surface area (Å²) < 4.78 is 0. The number of hydrogen-bond donors (Lipinski definition) is 1. The number of anilines is 1. The number of carbonyl (C=O) groups excluding carboxylic acids is 1. The molecule has 2 rings (SSSR count). The highest BCUT2D eigenvalue weighted by molar-refractivity contribution is 6.37. The van der Waals surface area contributed by atoms with Crippen molar-refractivity contribution < 1.29 is 9.90 Å². The number of amides is 1. The molecule has 1 aliphatic rings. The second-order valence-corrected chi connectivity index (χ2v) is 5.11. The fourth-order valence-electron chi connectivity index (χ4n) is 1.84. The maximum absolute atomic E-state index is 11.8. The fraction of sp³-hybridized carbons (Fsp3) is 0.364. The normalized spacial score (nSPS) is 20.1. The molecule has 0 aliphatic carbocycles. The van der Waals surface area contributed by atoms with Gasteiger partial charge in [-0.15, -0.1) is 11.6 Å². The van der Waals surface area contributed by atoms with Gasteiger partial charge in [0.25, 0.3) is 0 Å². The molecule has 3 nitrogen and oxygen atoms in total. The number of phenols is 1. The van der Waals surface area contributed by atoms with Gasteiger partial charge in [0.2, 0.25) is 5.91 Å². The first-order valence-electron chi connectivity index (χ1n) is 5.07. The van der Waals surface area contributed by atoms with E-state index in [0.29, 0.717) is 24.5 Å². The highest BCUT2D eigenvalue weighted by atomic mass is 35.5. The molecule has 1 amide bonds. The van der Waals surface area contributed by atoms with E-state index in [-0.39, 0.29) is 27.6 Å². The third kappa shape index (κ3) is 2.46. The molecule has 0 aromatic heterocycles. The van der Waals surface area contributed by atoms with Crippen molar-refractivity contribution in [1.82, 2.24) is 0 Å². The summed E-state index contributed by atoms with van der Waals surface area (Å²) in [7, 11) is 0. The molecule has 1 N–H and O–H groups in total. The lowest BCUT2D eigenvalue weighted by Crippen LogP contribution is -2.24. The molecule has 17 heavy (non-hydrogen) atoms. The minimum Gasteiger partial charge on any atom is -0.505 e. The lowest BCUT2D eigenvalue weighted by Gasteiger charge is -2.17. The molecule has 1 saturated heterocycles. The van der Waals surface area contributed by atoms with Crippen molar-refractivity contribution in [2.75, 3.05) is 17.3 Å². The van der Waals surface area contributed by atoms with E-state index in [2.05, 4.69) is 0 Å². The first-order valence-corrected chi connectivity index (χ1v) is 6.36. The summed E-state index contributed by atoms with van der Waals surface area (Å²) in [6.45, 7) is 0.555. The molecule has 6 heteroatoms. The number of benzene rings is 1. The zero-order chi connectivity index (χ0) is 12.6. The zero-order valence-electron chi connectivity index (χ0n) is 8.79. The molecule has 1 unspecified atom stereocenters. The van der Waals surface area contributed by atoms with Crippen molar-refractivity contribution in [2.24, 2.45) is 5.92 Å². The van der Waals surface area contributed by atoms with Gasteiger partial charge >= 0.3 is 0 Å². The Morgan fingerprint density at radius 1 is 1.35 bits per heavy atom. The SMILES string of the molecule is O=C1CC(CCl)CN1c1cc(Cl)c(O)c(Cl)c1. The van der Waals surface area contributed by atoms with Gasteiger partial charge in [0.1, 0.15) is 0 Å². The van der Waals surface area contributed by atoms with Crippen LogP contribution >= 0.6 is 34.8 Å². The van der Waals surface area contributed by atoms with Gasteiger partial charge in [-0.1, -0.05) is 23.2 Å². The summed E-state index contributed by atoms with van der Waals surface area (Å²) >= 11 is 17.4. The lowest BCUT2D eigenvalue weighted by atomic mass is 10.1. The third-order valence-corrected chi connectivity index (χ3v) is 3.75. The Labute approximate surface area is 114 Å². The van der Waals surface area contributed by atoms with Gasteiger partial charge in [0.05, 0.1) is 10.0 Å². The number of rotatable bonds is 2. The molecular formula is C11H10Cl3NO2. The predicted octanol–water partition coefficient (Wildman–Crippen LogP) is 3.29. The summed E-state index contributed by atoms with van der Waals surface area (Å²) in [5.74, 6) is 0.420. The van der Waals surface area contributed by atoms with Crippen molar-refractivity contribution in [3.8, 4) is 5.75 Å². The van der Waals surface area contributed by atoms with Gasteiger partial charge in [-0.3, -0.25) is 4.79 Å². The average Bonchev–Trinajstić information content (AvgIpc) is 2.67. The Kier molecular flexibility index (Phi) is 3.71. The molecule has 92 valence electrons. The van der Waals surface area contributed by atoms with Gasteiger partial charge < -0.3 is 10.0 Å². The van der Waals surface area contributed by atoms with Crippen molar-refractivity contribution in [2.45, 2.75) is 6.42 Å².